The second-order valence-corrected chi connectivity index (χ2v) is 9.14. The summed E-state index contributed by atoms with van der Waals surface area (Å²) in [7, 11) is 0. The molecule has 0 aromatic heterocycles. The molecule has 4 rings (SSSR count). The van der Waals surface area contributed by atoms with Crippen LogP contribution in [-0.4, -0.2) is 34.0 Å². The molecule has 4 saturated carbocycles. The molecular formula is C19H28O4. The van der Waals surface area contributed by atoms with Gasteiger partial charge in [0.05, 0.1) is 12.2 Å². The Kier molecular flexibility index (Phi) is 3.35. The van der Waals surface area contributed by atoms with Gasteiger partial charge in [0.2, 0.25) is 0 Å². The monoisotopic (exact) mass is 320 g/mol. The van der Waals surface area contributed by atoms with Crippen LogP contribution in [0.4, 0.5) is 0 Å². The second kappa shape index (κ2) is 4.89. The molecule has 0 spiro atoms. The van der Waals surface area contributed by atoms with Gasteiger partial charge >= 0.3 is 0 Å². The van der Waals surface area contributed by atoms with Crippen molar-refractivity contribution in [3.8, 4) is 0 Å². The minimum Gasteiger partial charge on any atom is -0.393 e. The molecule has 128 valence electrons. The molecule has 4 aliphatic rings. The lowest BCUT2D eigenvalue weighted by Gasteiger charge is -2.60. The fourth-order valence-electron chi connectivity index (χ4n) is 6.95. The summed E-state index contributed by atoms with van der Waals surface area (Å²) in [5.74, 6) is 0.815. The first kappa shape index (κ1) is 15.8. The lowest BCUT2D eigenvalue weighted by Crippen LogP contribution is -2.61. The molecule has 0 bridgehead atoms. The van der Waals surface area contributed by atoms with Crippen molar-refractivity contribution in [1.29, 1.82) is 0 Å². The van der Waals surface area contributed by atoms with E-state index in [0.29, 0.717) is 31.6 Å². The first-order valence-electron chi connectivity index (χ1n) is 9.18. The van der Waals surface area contributed by atoms with Crippen molar-refractivity contribution >= 4 is 11.6 Å². The normalized spacial score (nSPS) is 56.0. The third-order valence-corrected chi connectivity index (χ3v) is 8.16. The van der Waals surface area contributed by atoms with E-state index in [1.165, 1.54) is 0 Å². The summed E-state index contributed by atoms with van der Waals surface area (Å²) in [4.78, 5) is 24.7. The van der Waals surface area contributed by atoms with Gasteiger partial charge in [0.25, 0.3) is 0 Å². The molecular weight excluding hydrogens is 292 g/mol. The van der Waals surface area contributed by atoms with Gasteiger partial charge in [-0.05, 0) is 54.3 Å². The van der Waals surface area contributed by atoms with Gasteiger partial charge in [-0.2, -0.15) is 0 Å². The Morgan fingerprint density at radius 1 is 1.04 bits per heavy atom. The standard InChI is InChI=1S/C19H28O4/c1-18-6-5-10(20)7-13(18)14(21)8-11-12-3-4-16(23)19(12,2)9-15(22)17(11)18/h11-13,15-17,22-23H,3-9H2,1-2H3/t11-,12-,13?,15+,16-,17+,18-,19-/m0/s1. The SMILES string of the molecule is C[C@]12C[C@@H](O)[C@H]3[C@@H](CC(=O)C4CC(=O)CC[C@@]43C)[C@@H]1CC[C@@H]2O. The van der Waals surface area contributed by atoms with Crippen molar-refractivity contribution < 1.29 is 19.8 Å². The Morgan fingerprint density at radius 3 is 2.52 bits per heavy atom. The Morgan fingerprint density at radius 2 is 1.78 bits per heavy atom. The van der Waals surface area contributed by atoms with E-state index in [4.69, 9.17) is 0 Å². The second-order valence-electron chi connectivity index (χ2n) is 9.14. The summed E-state index contributed by atoms with van der Waals surface area (Å²) in [5.41, 5.74) is -0.503. The van der Waals surface area contributed by atoms with E-state index in [0.717, 1.165) is 19.3 Å². The number of aliphatic hydroxyl groups is 2. The maximum atomic E-state index is 12.8. The molecule has 2 N–H and O–H groups in total. The van der Waals surface area contributed by atoms with Crippen LogP contribution < -0.4 is 0 Å². The highest BCUT2D eigenvalue weighted by Gasteiger charge is 2.64. The largest absolute Gasteiger partial charge is 0.393 e. The lowest BCUT2D eigenvalue weighted by molar-refractivity contribution is -0.183. The van der Waals surface area contributed by atoms with Gasteiger partial charge in [0.15, 0.2) is 0 Å². The average Bonchev–Trinajstić information content (AvgIpc) is 2.76. The lowest BCUT2D eigenvalue weighted by atomic mass is 9.44. The number of aliphatic hydroxyl groups excluding tert-OH is 2. The number of rotatable bonds is 0. The molecule has 0 amide bonds. The van der Waals surface area contributed by atoms with Gasteiger partial charge in [-0.15, -0.1) is 0 Å². The third-order valence-electron chi connectivity index (χ3n) is 8.16. The Labute approximate surface area is 137 Å². The van der Waals surface area contributed by atoms with Crippen molar-refractivity contribution in [3.63, 3.8) is 0 Å². The number of hydrogen-bond donors (Lipinski definition) is 2. The van der Waals surface area contributed by atoms with Gasteiger partial charge < -0.3 is 10.2 Å². The summed E-state index contributed by atoms with van der Waals surface area (Å²) >= 11 is 0. The summed E-state index contributed by atoms with van der Waals surface area (Å²) < 4.78 is 0. The van der Waals surface area contributed by atoms with E-state index in [-0.39, 0.29) is 46.3 Å². The van der Waals surface area contributed by atoms with Gasteiger partial charge in [0.1, 0.15) is 11.6 Å². The average molecular weight is 320 g/mol. The summed E-state index contributed by atoms with van der Waals surface area (Å²) in [6.45, 7) is 4.23. The van der Waals surface area contributed by atoms with Gasteiger partial charge in [0, 0.05) is 25.2 Å². The highest BCUT2D eigenvalue weighted by atomic mass is 16.3. The summed E-state index contributed by atoms with van der Waals surface area (Å²) in [5, 5.41) is 21.4. The first-order valence-corrected chi connectivity index (χ1v) is 9.18. The molecule has 0 heterocycles. The van der Waals surface area contributed by atoms with Crippen LogP contribution in [0.25, 0.3) is 0 Å². The summed E-state index contributed by atoms with van der Waals surface area (Å²) in [6, 6.07) is 0. The fraction of sp³-hybridized carbons (Fsp3) is 0.895. The Hall–Kier alpha value is -0.740. The number of carbonyl (C=O) groups is 2. The molecule has 4 heteroatoms. The Balaban J connectivity index is 1.74. The predicted molar refractivity (Wildman–Crippen MR) is 84.5 cm³/mol. The molecule has 0 aliphatic heterocycles. The quantitative estimate of drug-likeness (QED) is 0.717. The Bertz CT molecular complexity index is 558. The van der Waals surface area contributed by atoms with E-state index in [2.05, 4.69) is 13.8 Å². The molecule has 1 unspecified atom stereocenters. The van der Waals surface area contributed by atoms with Gasteiger partial charge in [-0.1, -0.05) is 13.8 Å². The molecule has 8 atom stereocenters. The van der Waals surface area contributed by atoms with Crippen LogP contribution in [0.5, 0.6) is 0 Å². The molecule has 0 radical (unpaired) electrons. The number of carbonyl (C=O) groups excluding carboxylic acids is 2. The fourth-order valence-corrected chi connectivity index (χ4v) is 6.95. The molecule has 0 aromatic rings. The minimum absolute atomic E-state index is 0.0988. The highest BCUT2D eigenvalue weighted by molar-refractivity contribution is 5.90. The van der Waals surface area contributed by atoms with Crippen LogP contribution in [0.2, 0.25) is 0 Å². The van der Waals surface area contributed by atoms with Crippen LogP contribution in [0.1, 0.15) is 58.8 Å². The van der Waals surface area contributed by atoms with Crippen molar-refractivity contribution in [2.75, 3.05) is 0 Å². The maximum absolute atomic E-state index is 12.8. The zero-order valence-electron chi connectivity index (χ0n) is 14.1. The molecule has 0 aromatic carbocycles. The molecule has 23 heavy (non-hydrogen) atoms. The summed E-state index contributed by atoms with van der Waals surface area (Å²) in [6.07, 6.45) is 3.66. The van der Waals surface area contributed by atoms with Crippen LogP contribution in [0.3, 0.4) is 0 Å². The van der Waals surface area contributed by atoms with Crippen molar-refractivity contribution in [1.82, 2.24) is 0 Å². The minimum atomic E-state index is -0.470. The van der Waals surface area contributed by atoms with E-state index in [1.807, 2.05) is 0 Å². The molecule has 4 fully saturated rings. The highest BCUT2D eigenvalue weighted by Crippen LogP contribution is 2.65. The number of fused-ring (bicyclic) bond motifs is 5. The molecule has 0 saturated heterocycles. The predicted octanol–water partition coefficient (Wildman–Crippen LogP) is 2.11. The zero-order chi connectivity index (χ0) is 16.6. The van der Waals surface area contributed by atoms with Crippen LogP contribution in [0, 0.1) is 34.5 Å². The smallest absolute Gasteiger partial charge is 0.137 e. The van der Waals surface area contributed by atoms with Crippen LogP contribution in [-0.2, 0) is 9.59 Å². The van der Waals surface area contributed by atoms with Crippen LogP contribution in [0.15, 0.2) is 0 Å². The first-order chi connectivity index (χ1) is 10.8. The maximum Gasteiger partial charge on any atom is 0.137 e. The molecule has 4 aliphatic carbocycles. The third kappa shape index (κ3) is 1.97. The number of hydrogen-bond acceptors (Lipinski definition) is 4. The molecule has 4 nitrogen and oxygen atoms in total. The number of Topliss-reactive ketones (excluding diaryl/α,β-unsaturated/α-hetero) is 2. The van der Waals surface area contributed by atoms with E-state index >= 15 is 0 Å². The number of ketones is 2. The zero-order valence-corrected chi connectivity index (χ0v) is 14.1. The van der Waals surface area contributed by atoms with Gasteiger partial charge in [-0.25, -0.2) is 0 Å². The van der Waals surface area contributed by atoms with E-state index in [1.54, 1.807) is 0 Å². The van der Waals surface area contributed by atoms with Crippen molar-refractivity contribution in [3.05, 3.63) is 0 Å². The van der Waals surface area contributed by atoms with Crippen LogP contribution >= 0.6 is 0 Å². The van der Waals surface area contributed by atoms with E-state index < -0.39 is 6.10 Å². The van der Waals surface area contributed by atoms with Crippen molar-refractivity contribution in [2.45, 2.75) is 71.0 Å². The topological polar surface area (TPSA) is 74.6 Å². The van der Waals surface area contributed by atoms with Gasteiger partial charge in [-0.3, -0.25) is 9.59 Å². The van der Waals surface area contributed by atoms with E-state index in [9.17, 15) is 19.8 Å². The van der Waals surface area contributed by atoms with Crippen molar-refractivity contribution in [2.24, 2.45) is 34.5 Å².